The summed E-state index contributed by atoms with van der Waals surface area (Å²) in [4.78, 5) is 15.0. The summed E-state index contributed by atoms with van der Waals surface area (Å²) in [6.45, 7) is 7.72. The second-order valence-corrected chi connectivity index (χ2v) is 8.29. The van der Waals surface area contributed by atoms with Crippen molar-refractivity contribution >= 4 is 17.4 Å². The first-order chi connectivity index (χ1) is 14.5. The van der Waals surface area contributed by atoms with Crippen molar-refractivity contribution in [3.63, 3.8) is 0 Å². The van der Waals surface area contributed by atoms with Crippen LogP contribution in [0.1, 0.15) is 29.5 Å². The molecule has 3 aromatic rings. The maximum atomic E-state index is 12.9. The van der Waals surface area contributed by atoms with Crippen molar-refractivity contribution in [2.24, 2.45) is 5.92 Å². The molecule has 0 radical (unpaired) electrons. The molecule has 0 spiro atoms. The van der Waals surface area contributed by atoms with Crippen molar-refractivity contribution in [3.05, 3.63) is 71.3 Å². The Balaban J connectivity index is 1.43. The molecule has 1 aliphatic rings. The quantitative estimate of drug-likeness (QED) is 0.675. The van der Waals surface area contributed by atoms with Gasteiger partial charge in [-0.3, -0.25) is 4.79 Å². The van der Waals surface area contributed by atoms with Gasteiger partial charge in [-0.2, -0.15) is 0 Å². The van der Waals surface area contributed by atoms with Gasteiger partial charge in [0.2, 0.25) is 5.91 Å². The van der Waals surface area contributed by atoms with E-state index >= 15 is 0 Å². The number of aromatic nitrogens is 2. The lowest BCUT2D eigenvalue weighted by molar-refractivity contribution is -0.120. The molecule has 1 fully saturated rings. The Kier molecular flexibility index (Phi) is 5.79. The molecule has 1 atom stereocenters. The molecule has 0 aliphatic carbocycles. The van der Waals surface area contributed by atoms with Crippen molar-refractivity contribution in [2.75, 3.05) is 23.3 Å². The van der Waals surface area contributed by atoms with Gasteiger partial charge in [0.25, 0.3) is 0 Å². The lowest BCUT2D eigenvalue weighted by atomic mass is 9.97. The first kappa shape index (κ1) is 20.1. The van der Waals surface area contributed by atoms with Crippen LogP contribution >= 0.6 is 0 Å². The predicted octanol–water partition coefficient (Wildman–Crippen LogP) is 4.92. The van der Waals surface area contributed by atoms with E-state index in [1.807, 2.05) is 38.1 Å². The summed E-state index contributed by atoms with van der Waals surface area (Å²) in [6.07, 6.45) is 1.86. The van der Waals surface area contributed by atoms with Gasteiger partial charge >= 0.3 is 0 Å². The van der Waals surface area contributed by atoms with Gasteiger partial charge in [-0.1, -0.05) is 35.9 Å². The maximum absolute atomic E-state index is 12.9. The molecule has 2 heterocycles. The van der Waals surface area contributed by atoms with Crippen LogP contribution < -0.4 is 10.2 Å². The third kappa shape index (κ3) is 4.67. The zero-order valence-electron chi connectivity index (χ0n) is 17.9. The van der Waals surface area contributed by atoms with E-state index in [1.54, 1.807) is 0 Å². The summed E-state index contributed by atoms with van der Waals surface area (Å²) >= 11 is 0. The third-order valence-corrected chi connectivity index (χ3v) is 5.60. The van der Waals surface area contributed by atoms with Gasteiger partial charge in [0.1, 0.15) is 0 Å². The number of anilines is 2. The fourth-order valence-corrected chi connectivity index (χ4v) is 4.06. The first-order valence-corrected chi connectivity index (χ1v) is 10.5. The second kappa shape index (κ2) is 8.66. The molecule has 0 saturated carbocycles. The number of amides is 1. The highest BCUT2D eigenvalue weighted by atomic mass is 16.1. The Morgan fingerprint density at radius 1 is 0.933 bits per heavy atom. The van der Waals surface area contributed by atoms with Crippen molar-refractivity contribution < 1.29 is 4.79 Å². The highest BCUT2D eigenvalue weighted by Crippen LogP contribution is 2.25. The number of rotatable bonds is 4. The summed E-state index contributed by atoms with van der Waals surface area (Å²) in [7, 11) is 0. The van der Waals surface area contributed by atoms with Crippen molar-refractivity contribution in [1.82, 2.24) is 10.2 Å². The Bertz CT molecular complexity index is 1010. The number of nitrogens with one attached hydrogen (secondary N) is 1. The largest absolute Gasteiger partial charge is 0.354 e. The van der Waals surface area contributed by atoms with Crippen LogP contribution in [0.3, 0.4) is 0 Å². The first-order valence-electron chi connectivity index (χ1n) is 10.5. The zero-order valence-corrected chi connectivity index (χ0v) is 17.9. The average Bonchev–Trinajstić information content (AvgIpc) is 2.74. The molecular weight excluding hydrogens is 372 g/mol. The van der Waals surface area contributed by atoms with Gasteiger partial charge in [0, 0.05) is 24.3 Å². The van der Waals surface area contributed by atoms with E-state index in [-0.39, 0.29) is 11.8 Å². The Hall–Kier alpha value is -3.21. The van der Waals surface area contributed by atoms with Gasteiger partial charge in [0.05, 0.1) is 11.6 Å². The van der Waals surface area contributed by atoms with Crippen LogP contribution in [0.4, 0.5) is 11.5 Å². The number of hydrogen-bond acceptors (Lipinski definition) is 4. The number of aryl methyl sites for hydroxylation is 3. The summed E-state index contributed by atoms with van der Waals surface area (Å²) in [5, 5.41) is 12.0. The molecular formula is C25H28N4O. The van der Waals surface area contributed by atoms with Crippen LogP contribution in [0.25, 0.3) is 11.3 Å². The van der Waals surface area contributed by atoms with Crippen LogP contribution in [0, 0.1) is 26.7 Å². The molecule has 1 amide bonds. The Labute approximate surface area is 178 Å². The van der Waals surface area contributed by atoms with Crippen LogP contribution in [0.2, 0.25) is 0 Å². The number of benzene rings is 2. The molecule has 1 aliphatic heterocycles. The minimum absolute atomic E-state index is 0.0573. The Morgan fingerprint density at radius 3 is 2.33 bits per heavy atom. The van der Waals surface area contributed by atoms with Crippen LogP contribution in [-0.2, 0) is 4.79 Å². The molecule has 0 bridgehead atoms. The van der Waals surface area contributed by atoms with Gasteiger partial charge < -0.3 is 10.2 Å². The molecule has 1 unspecified atom stereocenters. The van der Waals surface area contributed by atoms with Crippen LogP contribution in [0.5, 0.6) is 0 Å². The summed E-state index contributed by atoms with van der Waals surface area (Å²) in [6, 6.07) is 18.4. The molecule has 4 rings (SSSR count). The lowest BCUT2D eigenvalue weighted by Gasteiger charge is -2.32. The second-order valence-electron chi connectivity index (χ2n) is 8.29. The molecule has 154 valence electrons. The highest BCUT2D eigenvalue weighted by molar-refractivity contribution is 5.93. The lowest BCUT2D eigenvalue weighted by Crippen LogP contribution is -2.41. The smallest absolute Gasteiger partial charge is 0.229 e. The van der Waals surface area contributed by atoms with Crippen molar-refractivity contribution in [3.8, 4) is 11.3 Å². The van der Waals surface area contributed by atoms with Gasteiger partial charge in [-0.05, 0) is 69.0 Å². The molecule has 2 aromatic carbocycles. The van der Waals surface area contributed by atoms with Gasteiger partial charge in [-0.25, -0.2) is 0 Å². The van der Waals surface area contributed by atoms with Crippen LogP contribution in [-0.4, -0.2) is 29.2 Å². The highest BCUT2D eigenvalue weighted by Gasteiger charge is 2.27. The number of carbonyl (C=O) groups is 1. The van der Waals surface area contributed by atoms with Crippen molar-refractivity contribution in [2.45, 2.75) is 33.6 Å². The molecule has 1 saturated heterocycles. The van der Waals surface area contributed by atoms with Gasteiger partial charge in [-0.15, -0.1) is 10.2 Å². The summed E-state index contributed by atoms with van der Waals surface area (Å²) in [5.41, 5.74) is 6.32. The van der Waals surface area contributed by atoms with E-state index in [9.17, 15) is 4.79 Å². The average molecular weight is 401 g/mol. The number of carbonyl (C=O) groups excluding carboxylic acids is 1. The minimum atomic E-state index is -0.0573. The van der Waals surface area contributed by atoms with E-state index in [2.05, 4.69) is 57.7 Å². The monoisotopic (exact) mass is 400 g/mol. The zero-order chi connectivity index (χ0) is 21.1. The topological polar surface area (TPSA) is 58.1 Å². The van der Waals surface area contributed by atoms with E-state index in [0.29, 0.717) is 6.54 Å². The molecule has 30 heavy (non-hydrogen) atoms. The number of nitrogens with zero attached hydrogens (tertiary/aromatic N) is 3. The predicted molar refractivity (Wildman–Crippen MR) is 122 cm³/mol. The summed E-state index contributed by atoms with van der Waals surface area (Å²) < 4.78 is 0. The normalized spacial score (nSPS) is 16.4. The van der Waals surface area contributed by atoms with Gasteiger partial charge in [0.15, 0.2) is 5.82 Å². The molecule has 1 N–H and O–H groups in total. The van der Waals surface area contributed by atoms with E-state index in [0.717, 1.165) is 53.3 Å². The SMILES string of the molecule is Cc1ccc(-c2ccc(N3CCCC(C(=O)Nc4cc(C)cc(C)c4)C3)nn2)cc1. The summed E-state index contributed by atoms with van der Waals surface area (Å²) in [5.74, 6) is 0.849. The van der Waals surface area contributed by atoms with Crippen LogP contribution in [0.15, 0.2) is 54.6 Å². The molecule has 5 nitrogen and oxygen atoms in total. The maximum Gasteiger partial charge on any atom is 0.229 e. The number of piperidine rings is 1. The number of hydrogen-bond donors (Lipinski definition) is 1. The molecule has 1 aromatic heterocycles. The minimum Gasteiger partial charge on any atom is -0.354 e. The van der Waals surface area contributed by atoms with E-state index < -0.39 is 0 Å². The van der Waals surface area contributed by atoms with E-state index in [1.165, 1.54) is 5.56 Å². The Morgan fingerprint density at radius 2 is 1.67 bits per heavy atom. The third-order valence-electron chi connectivity index (χ3n) is 5.60. The van der Waals surface area contributed by atoms with Crippen molar-refractivity contribution in [1.29, 1.82) is 0 Å². The standard InChI is InChI=1S/C25H28N4O/c1-17-6-8-20(9-7-17)23-10-11-24(28-27-23)29-12-4-5-21(16-29)25(30)26-22-14-18(2)13-19(3)15-22/h6-11,13-15,21H,4-5,12,16H2,1-3H3,(H,26,30). The fraction of sp³-hybridized carbons (Fsp3) is 0.320. The fourth-order valence-electron chi connectivity index (χ4n) is 4.06. The van der Waals surface area contributed by atoms with E-state index in [4.69, 9.17) is 0 Å². The molecule has 5 heteroatoms.